The Morgan fingerprint density at radius 2 is 1.58 bits per heavy atom. The summed E-state index contributed by atoms with van der Waals surface area (Å²) >= 11 is 0. The van der Waals surface area contributed by atoms with Crippen LogP contribution in [0, 0.1) is 17.8 Å². The molecule has 0 saturated heterocycles. The number of terminal acetylenes is 1. The second-order valence-electron chi connectivity index (χ2n) is 3.88. The van der Waals surface area contributed by atoms with Crippen LogP contribution in [0.25, 0.3) is 0 Å². The fourth-order valence-electron chi connectivity index (χ4n) is 0.974. The molecule has 0 N–H and O–H groups in total. The van der Waals surface area contributed by atoms with E-state index in [1.807, 2.05) is 46.8 Å². The standard InChI is InChI=1S/C12H20.C3H4.2C2H6/c1-6-9-10-11(7-2)12(4,5)8-3;1-3-2;2*1-2/h6-7,9-10H,2,8H2,1,3-5H3;1H,2H3;2*1-2H3/b9-6-,11-10+;;;. The van der Waals surface area contributed by atoms with E-state index in [9.17, 15) is 0 Å². The third-order valence-corrected chi connectivity index (χ3v) is 2.35. The molecule has 0 unspecified atom stereocenters. The fraction of sp³-hybridized carbons (Fsp3) is 0.579. The fourth-order valence-corrected chi connectivity index (χ4v) is 0.974. The summed E-state index contributed by atoms with van der Waals surface area (Å²) in [6, 6.07) is 0. The van der Waals surface area contributed by atoms with Gasteiger partial charge in [-0.1, -0.05) is 79.3 Å². The highest BCUT2D eigenvalue weighted by atomic mass is 14.2. The molecule has 0 heterocycles. The Kier molecular flexibility index (Phi) is 30.5. The molecule has 0 aliphatic carbocycles. The normalized spacial score (nSPS) is 9.79. The van der Waals surface area contributed by atoms with Crippen LogP contribution in [0.3, 0.4) is 0 Å². The SMILES string of the molecule is C#CC.C=C/C(=C\C=C/C)C(C)(C)CC.CC.CC. The van der Waals surface area contributed by atoms with Gasteiger partial charge in [0.2, 0.25) is 0 Å². The second-order valence-corrected chi connectivity index (χ2v) is 3.88. The quantitative estimate of drug-likeness (QED) is 0.387. The minimum Gasteiger partial charge on any atom is -0.120 e. The first-order valence-electron chi connectivity index (χ1n) is 7.33. The van der Waals surface area contributed by atoms with E-state index >= 15 is 0 Å². The number of allylic oxidation sites excluding steroid dienone is 5. The molecule has 0 aromatic carbocycles. The van der Waals surface area contributed by atoms with Crippen LogP contribution in [0.1, 0.15) is 68.7 Å². The van der Waals surface area contributed by atoms with Crippen LogP contribution in [-0.2, 0) is 0 Å². The van der Waals surface area contributed by atoms with Gasteiger partial charge < -0.3 is 0 Å². The van der Waals surface area contributed by atoms with Crippen LogP contribution in [0.5, 0.6) is 0 Å². The van der Waals surface area contributed by atoms with Crippen molar-refractivity contribution in [2.45, 2.75) is 68.7 Å². The Morgan fingerprint density at radius 1 is 1.21 bits per heavy atom. The van der Waals surface area contributed by atoms with E-state index in [0.717, 1.165) is 6.42 Å². The molecule has 112 valence electrons. The lowest BCUT2D eigenvalue weighted by atomic mass is 9.81. The summed E-state index contributed by atoms with van der Waals surface area (Å²) in [4.78, 5) is 0. The van der Waals surface area contributed by atoms with Crippen LogP contribution >= 0.6 is 0 Å². The van der Waals surface area contributed by atoms with Gasteiger partial charge >= 0.3 is 0 Å². The van der Waals surface area contributed by atoms with Gasteiger partial charge in [-0.3, -0.25) is 0 Å². The van der Waals surface area contributed by atoms with E-state index in [1.165, 1.54) is 5.57 Å². The van der Waals surface area contributed by atoms with Crippen molar-refractivity contribution in [1.82, 2.24) is 0 Å². The first kappa shape index (κ1) is 26.4. The number of hydrogen-bond acceptors (Lipinski definition) is 0. The van der Waals surface area contributed by atoms with Gasteiger partial charge in [0.15, 0.2) is 0 Å². The Balaban J connectivity index is -0.000000136. The maximum atomic E-state index is 4.60. The Labute approximate surface area is 123 Å². The second kappa shape index (κ2) is 22.0. The first-order valence-corrected chi connectivity index (χ1v) is 7.33. The third-order valence-electron chi connectivity index (χ3n) is 2.35. The number of rotatable bonds is 4. The number of hydrogen-bond donors (Lipinski definition) is 0. The summed E-state index contributed by atoms with van der Waals surface area (Å²) in [5.74, 6) is 2.25. The molecule has 0 fully saturated rings. The summed E-state index contributed by atoms with van der Waals surface area (Å²) < 4.78 is 0. The molecule has 0 atom stereocenters. The minimum atomic E-state index is 0.251. The molecule has 0 bridgehead atoms. The molecule has 0 radical (unpaired) electrons. The Hall–Kier alpha value is -1.22. The molecule has 0 rings (SSSR count). The minimum absolute atomic E-state index is 0.251. The topological polar surface area (TPSA) is 0 Å². The van der Waals surface area contributed by atoms with Crippen molar-refractivity contribution in [3.05, 3.63) is 36.5 Å². The molecule has 0 aliphatic rings. The smallest absolute Gasteiger partial charge is 0.00297 e. The summed E-state index contributed by atoms with van der Waals surface area (Å²) in [7, 11) is 0. The van der Waals surface area contributed by atoms with Gasteiger partial charge in [-0.25, -0.2) is 0 Å². The van der Waals surface area contributed by atoms with E-state index in [-0.39, 0.29) is 5.41 Å². The highest BCUT2D eigenvalue weighted by Crippen LogP contribution is 2.30. The van der Waals surface area contributed by atoms with Gasteiger partial charge in [-0.2, -0.15) is 0 Å². The molecule has 0 aromatic rings. The zero-order valence-electron chi connectivity index (χ0n) is 14.8. The maximum absolute atomic E-state index is 4.60. The molecule has 0 heteroatoms. The summed E-state index contributed by atoms with van der Waals surface area (Å²) in [6.45, 7) is 22.2. The zero-order chi connectivity index (χ0) is 16.3. The van der Waals surface area contributed by atoms with Gasteiger partial charge in [0.1, 0.15) is 0 Å². The molecule has 0 amide bonds. The zero-order valence-corrected chi connectivity index (χ0v) is 14.8. The maximum Gasteiger partial charge on any atom is -0.00297 e. The van der Waals surface area contributed by atoms with E-state index < -0.39 is 0 Å². The predicted octanol–water partition coefficient (Wildman–Crippen LogP) is 6.80. The lowest BCUT2D eigenvalue weighted by Crippen LogP contribution is -2.11. The van der Waals surface area contributed by atoms with Crippen molar-refractivity contribution in [2.75, 3.05) is 0 Å². The van der Waals surface area contributed by atoms with Crippen LogP contribution in [-0.4, -0.2) is 0 Å². The highest BCUT2D eigenvalue weighted by molar-refractivity contribution is 5.27. The van der Waals surface area contributed by atoms with Crippen LogP contribution in [0.2, 0.25) is 0 Å². The van der Waals surface area contributed by atoms with E-state index in [2.05, 4.69) is 51.8 Å². The summed E-state index contributed by atoms with van der Waals surface area (Å²) in [6.07, 6.45) is 13.9. The highest BCUT2D eigenvalue weighted by Gasteiger charge is 2.17. The van der Waals surface area contributed by atoms with Crippen molar-refractivity contribution in [3.63, 3.8) is 0 Å². The Morgan fingerprint density at radius 3 is 1.79 bits per heavy atom. The van der Waals surface area contributed by atoms with Gasteiger partial charge in [0, 0.05) is 0 Å². The van der Waals surface area contributed by atoms with Crippen LogP contribution in [0.4, 0.5) is 0 Å². The average Bonchev–Trinajstić information content (AvgIpc) is 2.45. The van der Waals surface area contributed by atoms with Crippen molar-refractivity contribution in [2.24, 2.45) is 5.41 Å². The average molecular weight is 264 g/mol. The first-order chi connectivity index (χ1) is 8.99. The Bertz CT molecular complexity index is 256. The lowest BCUT2D eigenvalue weighted by Gasteiger charge is -2.23. The molecular weight excluding hydrogens is 228 g/mol. The molecule has 0 spiro atoms. The third kappa shape index (κ3) is 19.3. The molecule has 0 aliphatic heterocycles. The van der Waals surface area contributed by atoms with Crippen molar-refractivity contribution < 1.29 is 0 Å². The van der Waals surface area contributed by atoms with Crippen molar-refractivity contribution >= 4 is 0 Å². The van der Waals surface area contributed by atoms with E-state index in [4.69, 9.17) is 0 Å². The van der Waals surface area contributed by atoms with Crippen LogP contribution < -0.4 is 0 Å². The lowest BCUT2D eigenvalue weighted by molar-refractivity contribution is 0.440. The summed E-state index contributed by atoms with van der Waals surface area (Å²) in [5, 5.41) is 0. The molecule has 19 heavy (non-hydrogen) atoms. The largest absolute Gasteiger partial charge is 0.120 e. The van der Waals surface area contributed by atoms with Gasteiger partial charge in [-0.15, -0.1) is 12.3 Å². The molecule has 0 aromatic heterocycles. The molecule has 0 saturated carbocycles. The van der Waals surface area contributed by atoms with Gasteiger partial charge in [-0.05, 0) is 31.3 Å². The summed E-state index contributed by atoms with van der Waals surface area (Å²) in [5.41, 5.74) is 1.56. The monoisotopic (exact) mass is 264 g/mol. The molecular formula is C19H36. The predicted molar refractivity (Wildman–Crippen MR) is 94.4 cm³/mol. The van der Waals surface area contributed by atoms with Crippen molar-refractivity contribution in [3.8, 4) is 12.3 Å². The van der Waals surface area contributed by atoms with Gasteiger partial charge in [0.25, 0.3) is 0 Å². The van der Waals surface area contributed by atoms with E-state index in [1.54, 1.807) is 6.92 Å². The van der Waals surface area contributed by atoms with E-state index in [0.29, 0.717) is 0 Å². The van der Waals surface area contributed by atoms with Crippen LogP contribution in [0.15, 0.2) is 36.5 Å². The van der Waals surface area contributed by atoms with Crippen molar-refractivity contribution in [1.29, 1.82) is 0 Å². The molecule has 0 nitrogen and oxygen atoms in total. The van der Waals surface area contributed by atoms with Gasteiger partial charge in [0.05, 0.1) is 0 Å².